The van der Waals surface area contributed by atoms with Gasteiger partial charge in [-0.1, -0.05) is 12.1 Å². The predicted molar refractivity (Wildman–Crippen MR) is 113 cm³/mol. The van der Waals surface area contributed by atoms with Gasteiger partial charge in [0.05, 0.1) is 4.92 Å². The SMILES string of the molecule is CC(C)(C)OC(=O)N[C@@H]1CCCN(c2ccnc(Nc3ccccc3[N+](=O)[O-])n2)C1. The maximum absolute atomic E-state index is 12.1. The lowest BCUT2D eigenvalue weighted by atomic mass is 10.1. The molecule has 3 rings (SSSR count). The number of nitro benzene ring substituents is 1. The van der Waals surface area contributed by atoms with Crippen LogP contribution in [0, 0.1) is 10.1 Å². The molecule has 1 aromatic heterocycles. The summed E-state index contributed by atoms with van der Waals surface area (Å²) in [4.78, 5) is 33.6. The Balaban J connectivity index is 1.68. The number of carbonyl (C=O) groups is 1. The molecule has 2 N–H and O–H groups in total. The molecule has 1 fully saturated rings. The van der Waals surface area contributed by atoms with E-state index in [1.54, 1.807) is 30.5 Å². The largest absolute Gasteiger partial charge is 0.444 e. The van der Waals surface area contributed by atoms with Gasteiger partial charge in [0, 0.05) is 31.4 Å². The molecule has 0 spiro atoms. The Hall–Kier alpha value is -3.43. The summed E-state index contributed by atoms with van der Waals surface area (Å²) in [7, 11) is 0. The second-order valence-corrected chi connectivity index (χ2v) is 8.07. The van der Waals surface area contributed by atoms with Crippen molar-refractivity contribution in [1.29, 1.82) is 0 Å². The summed E-state index contributed by atoms with van der Waals surface area (Å²) in [5, 5.41) is 17.0. The molecule has 0 aliphatic carbocycles. The average molecular weight is 414 g/mol. The Labute approximate surface area is 174 Å². The zero-order chi connectivity index (χ0) is 21.7. The third kappa shape index (κ3) is 5.79. The van der Waals surface area contributed by atoms with Crippen LogP contribution in [0.2, 0.25) is 0 Å². The highest BCUT2D eigenvalue weighted by Gasteiger charge is 2.25. The van der Waals surface area contributed by atoms with Crippen LogP contribution in [0.3, 0.4) is 0 Å². The van der Waals surface area contributed by atoms with Crippen molar-refractivity contribution >= 4 is 29.2 Å². The molecule has 0 unspecified atom stereocenters. The Morgan fingerprint density at radius 2 is 2.07 bits per heavy atom. The van der Waals surface area contributed by atoms with Gasteiger partial charge in [-0.3, -0.25) is 10.1 Å². The van der Waals surface area contributed by atoms with E-state index in [4.69, 9.17) is 4.74 Å². The van der Waals surface area contributed by atoms with Gasteiger partial charge in [0.2, 0.25) is 5.95 Å². The maximum Gasteiger partial charge on any atom is 0.407 e. The van der Waals surface area contributed by atoms with E-state index in [0.29, 0.717) is 18.1 Å². The monoisotopic (exact) mass is 414 g/mol. The van der Waals surface area contributed by atoms with Gasteiger partial charge in [-0.05, 0) is 45.7 Å². The molecule has 160 valence electrons. The number of hydrogen-bond acceptors (Lipinski definition) is 8. The number of rotatable bonds is 5. The molecule has 10 nitrogen and oxygen atoms in total. The van der Waals surface area contributed by atoms with Crippen molar-refractivity contribution in [2.75, 3.05) is 23.3 Å². The molecule has 0 saturated carbocycles. The van der Waals surface area contributed by atoms with E-state index < -0.39 is 16.6 Å². The van der Waals surface area contributed by atoms with Gasteiger partial charge in [-0.2, -0.15) is 4.98 Å². The van der Waals surface area contributed by atoms with Crippen molar-refractivity contribution in [1.82, 2.24) is 15.3 Å². The van der Waals surface area contributed by atoms with Crippen molar-refractivity contribution in [2.24, 2.45) is 0 Å². The first-order chi connectivity index (χ1) is 14.2. The molecular formula is C20H26N6O4. The molecule has 0 bridgehead atoms. The van der Waals surface area contributed by atoms with E-state index in [0.717, 1.165) is 19.4 Å². The standard InChI is InChI=1S/C20H26N6O4/c1-20(2,3)30-19(27)22-14-7-6-12-25(13-14)17-10-11-21-18(24-17)23-15-8-4-5-9-16(15)26(28)29/h4-5,8-11,14H,6-7,12-13H2,1-3H3,(H,22,27)(H,21,23,24)/t14-/m1/s1. The minimum absolute atomic E-state index is 0.0499. The molecule has 1 aromatic carbocycles. The van der Waals surface area contributed by atoms with Gasteiger partial charge in [0.15, 0.2) is 0 Å². The number of amides is 1. The van der Waals surface area contributed by atoms with Crippen LogP contribution in [-0.4, -0.2) is 45.7 Å². The van der Waals surface area contributed by atoms with Crippen LogP contribution in [0.4, 0.5) is 27.9 Å². The van der Waals surface area contributed by atoms with Crippen LogP contribution < -0.4 is 15.5 Å². The minimum atomic E-state index is -0.550. The van der Waals surface area contributed by atoms with Crippen LogP contribution in [0.1, 0.15) is 33.6 Å². The molecule has 1 saturated heterocycles. The third-order valence-corrected chi connectivity index (χ3v) is 4.45. The molecule has 30 heavy (non-hydrogen) atoms. The first-order valence-corrected chi connectivity index (χ1v) is 9.79. The molecule has 1 aliphatic heterocycles. The Morgan fingerprint density at radius 1 is 1.30 bits per heavy atom. The zero-order valence-electron chi connectivity index (χ0n) is 17.3. The number of hydrogen-bond donors (Lipinski definition) is 2. The van der Waals surface area contributed by atoms with Crippen LogP contribution in [0.25, 0.3) is 0 Å². The molecule has 2 aromatic rings. The van der Waals surface area contributed by atoms with Gasteiger partial charge in [0.1, 0.15) is 17.1 Å². The molecular weight excluding hydrogens is 388 g/mol. The van der Waals surface area contributed by atoms with Crippen molar-refractivity contribution in [3.8, 4) is 0 Å². The minimum Gasteiger partial charge on any atom is -0.444 e. The van der Waals surface area contributed by atoms with E-state index >= 15 is 0 Å². The number of nitro groups is 1. The first-order valence-electron chi connectivity index (χ1n) is 9.79. The highest BCUT2D eigenvalue weighted by molar-refractivity contribution is 5.68. The number of benzene rings is 1. The summed E-state index contributed by atoms with van der Waals surface area (Å²) in [6, 6.07) is 8.05. The van der Waals surface area contributed by atoms with E-state index in [1.807, 2.05) is 20.8 Å². The van der Waals surface area contributed by atoms with Crippen molar-refractivity contribution in [3.05, 3.63) is 46.6 Å². The van der Waals surface area contributed by atoms with Gasteiger partial charge in [-0.25, -0.2) is 9.78 Å². The summed E-state index contributed by atoms with van der Waals surface area (Å²) in [5.74, 6) is 0.950. The van der Waals surface area contributed by atoms with E-state index in [2.05, 4.69) is 25.5 Å². The van der Waals surface area contributed by atoms with Crippen molar-refractivity contribution in [2.45, 2.75) is 45.3 Å². The van der Waals surface area contributed by atoms with E-state index in [-0.39, 0.29) is 17.7 Å². The topological polar surface area (TPSA) is 123 Å². The van der Waals surface area contributed by atoms with Gasteiger partial charge in [0.25, 0.3) is 5.69 Å². The lowest BCUT2D eigenvalue weighted by Crippen LogP contribution is -2.49. The normalized spacial score (nSPS) is 16.6. The maximum atomic E-state index is 12.1. The predicted octanol–water partition coefficient (Wildman–Crippen LogP) is 3.62. The van der Waals surface area contributed by atoms with Crippen molar-refractivity contribution < 1.29 is 14.5 Å². The number of nitrogens with zero attached hydrogens (tertiary/aromatic N) is 4. The van der Waals surface area contributed by atoms with Gasteiger partial charge >= 0.3 is 6.09 Å². The number of anilines is 3. The molecule has 1 amide bonds. The number of nitrogens with one attached hydrogen (secondary N) is 2. The fraction of sp³-hybridized carbons (Fsp3) is 0.450. The van der Waals surface area contributed by atoms with Crippen LogP contribution in [-0.2, 0) is 4.74 Å². The molecule has 2 heterocycles. The number of ether oxygens (including phenoxy) is 1. The summed E-state index contributed by atoms with van der Waals surface area (Å²) in [5.41, 5.74) is -0.278. The summed E-state index contributed by atoms with van der Waals surface area (Å²) >= 11 is 0. The Bertz CT molecular complexity index is 914. The zero-order valence-corrected chi connectivity index (χ0v) is 17.3. The van der Waals surface area contributed by atoms with Crippen LogP contribution in [0.15, 0.2) is 36.5 Å². The van der Waals surface area contributed by atoms with Crippen LogP contribution in [0.5, 0.6) is 0 Å². The molecule has 1 atom stereocenters. The van der Waals surface area contributed by atoms with E-state index in [9.17, 15) is 14.9 Å². The number of aromatic nitrogens is 2. The molecule has 10 heteroatoms. The van der Waals surface area contributed by atoms with Gasteiger partial charge in [-0.15, -0.1) is 0 Å². The number of alkyl carbamates (subject to hydrolysis) is 1. The van der Waals surface area contributed by atoms with Gasteiger partial charge < -0.3 is 20.3 Å². The first kappa shape index (κ1) is 21.3. The second kappa shape index (κ2) is 8.93. The highest BCUT2D eigenvalue weighted by atomic mass is 16.6. The summed E-state index contributed by atoms with van der Waals surface area (Å²) in [6.07, 6.45) is 2.90. The molecule has 1 aliphatic rings. The number of para-hydroxylation sites is 2. The highest BCUT2D eigenvalue weighted by Crippen LogP contribution is 2.26. The lowest BCUT2D eigenvalue weighted by Gasteiger charge is -2.34. The van der Waals surface area contributed by atoms with Crippen molar-refractivity contribution in [3.63, 3.8) is 0 Å². The lowest BCUT2D eigenvalue weighted by molar-refractivity contribution is -0.383. The number of piperidine rings is 1. The summed E-state index contributed by atoms with van der Waals surface area (Å²) in [6.45, 7) is 6.85. The number of carbonyl (C=O) groups excluding carboxylic acids is 1. The molecule has 0 radical (unpaired) electrons. The van der Waals surface area contributed by atoms with Crippen LogP contribution >= 0.6 is 0 Å². The fourth-order valence-corrected chi connectivity index (χ4v) is 3.22. The quantitative estimate of drug-likeness (QED) is 0.562. The summed E-state index contributed by atoms with van der Waals surface area (Å²) < 4.78 is 5.34. The Morgan fingerprint density at radius 3 is 2.80 bits per heavy atom. The third-order valence-electron chi connectivity index (χ3n) is 4.45. The average Bonchev–Trinajstić information content (AvgIpc) is 2.67. The van der Waals surface area contributed by atoms with E-state index in [1.165, 1.54) is 6.07 Å². The Kier molecular flexibility index (Phi) is 6.34. The fourth-order valence-electron chi connectivity index (χ4n) is 3.22. The smallest absolute Gasteiger partial charge is 0.407 e. The second-order valence-electron chi connectivity index (χ2n) is 8.07.